The number of alkyl carbamates (subject to hydrolysis) is 1. The molecular weight excluding hydrogens is 510 g/mol. The van der Waals surface area contributed by atoms with Gasteiger partial charge >= 0.3 is 6.09 Å². The Morgan fingerprint density at radius 2 is 1.79 bits per heavy atom. The van der Waals surface area contributed by atoms with Crippen LogP contribution >= 0.6 is 0 Å². The molecule has 2 aromatic carbocycles. The Kier molecular flexibility index (Phi) is 10.7. The number of benzene rings is 2. The van der Waals surface area contributed by atoms with Crippen molar-refractivity contribution in [2.24, 2.45) is 5.92 Å². The average molecular weight is 548 g/mol. The van der Waals surface area contributed by atoms with E-state index in [0.29, 0.717) is 25.3 Å². The van der Waals surface area contributed by atoms with Crippen LogP contribution in [-0.2, 0) is 30.7 Å². The maximum atomic E-state index is 13.6. The van der Waals surface area contributed by atoms with E-state index < -0.39 is 28.3 Å². The molecule has 11 heteroatoms. The molecule has 2 amide bonds. The van der Waals surface area contributed by atoms with Gasteiger partial charge in [0.2, 0.25) is 15.9 Å². The van der Waals surface area contributed by atoms with Gasteiger partial charge in [-0.15, -0.1) is 0 Å². The number of aliphatic hydroxyl groups excluding tert-OH is 1. The number of rotatable bonds is 12. The number of sulfonamides is 1. The van der Waals surface area contributed by atoms with Gasteiger partial charge in [-0.25, -0.2) is 13.2 Å². The van der Waals surface area contributed by atoms with Crippen LogP contribution in [-0.4, -0.2) is 74.4 Å². The van der Waals surface area contributed by atoms with Crippen LogP contribution in [0, 0.1) is 5.92 Å². The zero-order valence-corrected chi connectivity index (χ0v) is 22.8. The largest absolute Gasteiger partial charge is 0.444 e. The molecule has 3 atom stereocenters. The minimum Gasteiger partial charge on any atom is -0.444 e. The molecule has 1 saturated heterocycles. The number of carbonyl (C=O) groups excluding carboxylic acids is 2. The normalized spacial score (nSPS) is 17.3. The second kappa shape index (κ2) is 13.7. The van der Waals surface area contributed by atoms with Crippen molar-refractivity contribution in [2.45, 2.75) is 56.8 Å². The van der Waals surface area contributed by atoms with E-state index in [1.165, 1.54) is 35.5 Å². The number of anilines is 1. The first-order valence-electron chi connectivity index (χ1n) is 12.7. The Hall–Kier alpha value is -2.99. The number of nitrogens with one attached hydrogen (secondary N) is 2. The standard InChI is InChI=1S/C27H37N3O7S/c1-19(2)16-30(38(34,35)24-11-9-22(10-12-24)28-20(3)31)17-26(32)25(15-21-7-5-4-6-8-21)29-27(33)37-23-13-14-36-18-23/h4-12,19,23,25-26,32H,13-18H2,1-3H3,(H,28,31)(H,29,33)/t23-,25+,26-/m1/s1. The van der Waals surface area contributed by atoms with Gasteiger partial charge in [-0.1, -0.05) is 44.2 Å². The summed E-state index contributed by atoms with van der Waals surface area (Å²) in [6.45, 7) is 5.90. The summed E-state index contributed by atoms with van der Waals surface area (Å²) >= 11 is 0. The van der Waals surface area contributed by atoms with Crippen molar-refractivity contribution in [3.63, 3.8) is 0 Å². The van der Waals surface area contributed by atoms with Crippen LogP contribution in [0.15, 0.2) is 59.5 Å². The maximum absolute atomic E-state index is 13.6. The highest BCUT2D eigenvalue weighted by molar-refractivity contribution is 7.89. The van der Waals surface area contributed by atoms with Crippen LogP contribution in [0.1, 0.15) is 32.8 Å². The molecule has 3 rings (SSSR count). The topological polar surface area (TPSA) is 134 Å². The van der Waals surface area contributed by atoms with Crippen molar-refractivity contribution < 1.29 is 32.6 Å². The first-order chi connectivity index (χ1) is 18.0. The van der Waals surface area contributed by atoms with E-state index >= 15 is 0 Å². The van der Waals surface area contributed by atoms with Crippen molar-refractivity contribution in [1.82, 2.24) is 9.62 Å². The summed E-state index contributed by atoms with van der Waals surface area (Å²) in [6, 6.07) is 14.4. The number of amides is 2. The van der Waals surface area contributed by atoms with Gasteiger partial charge in [0.15, 0.2) is 0 Å². The molecule has 0 unspecified atom stereocenters. The highest BCUT2D eigenvalue weighted by atomic mass is 32.2. The summed E-state index contributed by atoms with van der Waals surface area (Å²) in [6.07, 6.45) is -1.40. The van der Waals surface area contributed by atoms with Crippen LogP contribution in [0.5, 0.6) is 0 Å². The van der Waals surface area contributed by atoms with Gasteiger partial charge in [0, 0.05) is 32.1 Å². The lowest BCUT2D eigenvalue weighted by Crippen LogP contribution is -2.51. The van der Waals surface area contributed by atoms with Gasteiger partial charge in [-0.2, -0.15) is 4.31 Å². The van der Waals surface area contributed by atoms with E-state index in [4.69, 9.17) is 9.47 Å². The van der Waals surface area contributed by atoms with E-state index in [2.05, 4.69) is 10.6 Å². The molecule has 0 aliphatic carbocycles. The number of carbonyl (C=O) groups is 2. The van der Waals surface area contributed by atoms with Gasteiger partial charge in [0.05, 0.1) is 30.3 Å². The summed E-state index contributed by atoms with van der Waals surface area (Å²) < 4.78 is 39.1. The van der Waals surface area contributed by atoms with Crippen LogP contribution in [0.3, 0.4) is 0 Å². The molecule has 0 bridgehead atoms. The lowest BCUT2D eigenvalue weighted by molar-refractivity contribution is -0.114. The molecule has 0 saturated carbocycles. The minimum absolute atomic E-state index is 0.0245. The van der Waals surface area contributed by atoms with Crippen LogP contribution < -0.4 is 10.6 Å². The Balaban J connectivity index is 1.80. The highest BCUT2D eigenvalue weighted by Crippen LogP contribution is 2.21. The average Bonchev–Trinajstić information content (AvgIpc) is 3.36. The fourth-order valence-electron chi connectivity index (χ4n) is 4.17. The molecular formula is C27H37N3O7S. The molecule has 38 heavy (non-hydrogen) atoms. The first kappa shape index (κ1) is 29.6. The lowest BCUT2D eigenvalue weighted by atomic mass is 10.0. The Morgan fingerprint density at radius 1 is 1.11 bits per heavy atom. The maximum Gasteiger partial charge on any atom is 0.407 e. The molecule has 208 valence electrons. The second-order valence-electron chi connectivity index (χ2n) is 9.82. The van der Waals surface area contributed by atoms with E-state index in [9.17, 15) is 23.1 Å². The molecule has 10 nitrogen and oxygen atoms in total. The number of nitrogens with zero attached hydrogens (tertiary/aromatic N) is 1. The predicted octanol–water partition coefficient (Wildman–Crippen LogP) is 2.78. The van der Waals surface area contributed by atoms with Crippen molar-refractivity contribution in [3.8, 4) is 0 Å². The third-order valence-electron chi connectivity index (χ3n) is 6.00. The Labute approximate surface area is 224 Å². The summed E-state index contributed by atoms with van der Waals surface area (Å²) in [4.78, 5) is 24.0. The fraction of sp³-hybridized carbons (Fsp3) is 0.481. The minimum atomic E-state index is -3.99. The quantitative estimate of drug-likeness (QED) is 0.372. The number of aliphatic hydroxyl groups is 1. The number of ether oxygens (including phenoxy) is 2. The molecule has 1 aliphatic rings. The van der Waals surface area contributed by atoms with Crippen LogP contribution in [0.4, 0.5) is 10.5 Å². The van der Waals surface area contributed by atoms with Crippen LogP contribution in [0.2, 0.25) is 0 Å². The van der Waals surface area contributed by atoms with Gasteiger partial charge in [-0.3, -0.25) is 4.79 Å². The highest BCUT2D eigenvalue weighted by Gasteiger charge is 2.32. The van der Waals surface area contributed by atoms with Crippen molar-refractivity contribution in [1.29, 1.82) is 0 Å². The molecule has 1 fully saturated rings. The van der Waals surface area contributed by atoms with Gasteiger partial charge in [0.25, 0.3) is 0 Å². The van der Waals surface area contributed by atoms with Crippen molar-refractivity contribution in [3.05, 3.63) is 60.2 Å². The monoisotopic (exact) mass is 547 g/mol. The van der Waals surface area contributed by atoms with Crippen molar-refractivity contribution >= 4 is 27.7 Å². The van der Waals surface area contributed by atoms with E-state index in [1.807, 2.05) is 44.2 Å². The molecule has 2 aromatic rings. The number of hydrogen-bond donors (Lipinski definition) is 3. The summed E-state index contributed by atoms with van der Waals surface area (Å²) in [5.41, 5.74) is 1.35. The summed E-state index contributed by atoms with van der Waals surface area (Å²) in [7, 11) is -3.99. The lowest BCUT2D eigenvalue weighted by Gasteiger charge is -2.30. The molecule has 0 spiro atoms. The summed E-state index contributed by atoms with van der Waals surface area (Å²) in [5.74, 6) is -0.287. The Bertz CT molecular complexity index is 1150. The smallest absolute Gasteiger partial charge is 0.407 e. The van der Waals surface area contributed by atoms with Crippen molar-refractivity contribution in [2.75, 3.05) is 31.6 Å². The molecule has 0 aromatic heterocycles. The second-order valence-corrected chi connectivity index (χ2v) is 11.8. The van der Waals surface area contributed by atoms with E-state index in [1.54, 1.807) is 0 Å². The third-order valence-corrected chi connectivity index (χ3v) is 7.85. The molecule has 3 N–H and O–H groups in total. The van der Waals surface area contributed by atoms with Gasteiger partial charge < -0.3 is 25.2 Å². The zero-order chi connectivity index (χ0) is 27.7. The van der Waals surface area contributed by atoms with Gasteiger partial charge in [-0.05, 0) is 42.2 Å². The zero-order valence-electron chi connectivity index (χ0n) is 22.0. The van der Waals surface area contributed by atoms with E-state index in [0.717, 1.165) is 5.56 Å². The molecule has 0 radical (unpaired) electrons. The predicted molar refractivity (Wildman–Crippen MR) is 143 cm³/mol. The van der Waals surface area contributed by atoms with Gasteiger partial charge in [0.1, 0.15) is 6.10 Å². The number of hydrogen-bond acceptors (Lipinski definition) is 7. The molecule has 1 heterocycles. The SMILES string of the molecule is CC(=O)Nc1ccc(S(=O)(=O)N(CC(C)C)C[C@@H](O)[C@H](Cc2ccccc2)NC(=O)O[C@@H]2CCOC2)cc1. The van der Waals surface area contributed by atoms with Crippen LogP contribution in [0.25, 0.3) is 0 Å². The summed E-state index contributed by atoms with van der Waals surface area (Å²) in [5, 5.41) is 16.6. The fourth-order valence-corrected chi connectivity index (χ4v) is 5.79. The van der Waals surface area contributed by atoms with E-state index in [-0.39, 0.29) is 42.3 Å². The first-order valence-corrected chi connectivity index (χ1v) is 14.1. The third kappa shape index (κ3) is 8.80. The Morgan fingerprint density at radius 3 is 2.37 bits per heavy atom. The molecule has 1 aliphatic heterocycles.